The van der Waals surface area contributed by atoms with Gasteiger partial charge in [0, 0.05) is 45.9 Å². The maximum absolute atomic E-state index is 13.1. The number of nitrogens with one attached hydrogen (secondary N) is 2. The molecular formula is C20H18BrClN3O2. The van der Waals surface area contributed by atoms with Gasteiger partial charge in [0.2, 0.25) is 0 Å². The van der Waals surface area contributed by atoms with Gasteiger partial charge in [0.05, 0.1) is 17.7 Å². The Morgan fingerprint density at radius 1 is 1.33 bits per heavy atom. The van der Waals surface area contributed by atoms with Crippen molar-refractivity contribution in [1.82, 2.24) is 4.98 Å². The first kappa shape index (κ1) is 19.6. The van der Waals surface area contributed by atoms with Crippen LogP contribution in [0.4, 0.5) is 11.5 Å². The van der Waals surface area contributed by atoms with Gasteiger partial charge in [0.25, 0.3) is 5.91 Å². The van der Waals surface area contributed by atoms with Crippen LogP contribution in [0.2, 0.25) is 5.02 Å². The maximum Gasteiger partial charge on any atom is 0.256 e. The number of aromatic nitrogens is 1. The highest BCUT2D eigenvalue weighted by Crippen LogP contribution is 2.29. The van der Waals surface area contributed by atoms with Crippen molar-refractivity contribution < 1.29 is 9.53 Å². The van der Waals surface area contributed by atoms with Crippen LogP contribution in [-0.4, -0.2) is 31.2 Å². The summed E-state index contributed by atoms with van der Waals surface area (Å²) in [6, 6.07) is 13.7. The Labute approximate surface area is 171 Å². The zero-order valence-corrected chi connectivity index (χ0v) is 17.2. The molecule has 27 heavy (non-hydrogen) atoms. The molecule has 0 saturated carbocycles. The van der Waals surface area contributed by atoms with Crippen molar-refractivity contribution in [2.24, 2.45) is 0 Å². The first-order valence-electron chi connectivity index (χ1n) is 8.31. The molecule has 0 fully saturated rings. The molecule has 1 heterocycles. The number of hydrogen-bond acceptors (Lipinski definition) is 4. The number of methoxy groups -OCH3 is 1. The van der Waals surface area contributed by atoms with Crippen LogP contribution in [0, 0.1) is 13.0 Å². The number of ether oxygens (including phenoxy) is 1. The van der Waals surface area contributed by atoms with E-state index in [9.17, 15) is 4.79 Å². The van der Waals surface area contributed by atoms with Crippen LogP contribution in [0.1, 0.15) is 15.9 Å². The van der Waals surface area contributed by atoms with Gasteiger partial charge in [-0.15, -0.1) is 0 Å². The smallest absolute Gasteiger partial charge is 0.256 e. The second-order valence-electron chi connectivity index (χ2n) is 5.92. The van der Waals surface area contributed by atoms with Gasteiger partial charge in [-0.25, -0.2) is 4.98 Å². The van der Waals surface area contributed by atoms with E-state index in [1.165, 1.54) is 0 Å². The van der Waals surface area contributed by atoms with Gasteiger partial charge in [-0.3, -0.25) is 4.79 Å². The Hall–Kier alpha value is -2.15. The molecule has 1 radical (unpaired) electrons. The molecule has 5 nitrogen and oxygen atoms in total. The number of amides is 1. The van der Waals surface area contributed by atoms with Crippen molar-refractivity contribution in [1.29, 1.82) is 0 Å². The second-order valence-corrected chi connectivity index (χ2v) is 7.27. The number of fused-ring (bicyclic) bond motifs is 1. The van der Waals surface area contributed by atoms with E-state index in [0.29, 0.717) is 35.2 Å². The first-order chi connectivity index (χ1) is 13.0. The van der Waals surface area contributed by atoms with E-state index in [-0.39, 0.29) is 5.91 Å². The van der Waals surface area contributed by atoms with E-state index in [4.69, 9.17) is 16.3 Å². The average Bonchev–Trinajstić information content (AvgIpc) is 2.64. The molecule has 2 N–H and O–H groups in total. The van der Waals surface area contributed by atoms with Crippen molar-refractivity contribution >= 4 is 55.8 Å². The number of halogens is 2. The molecular weight excluding hydrogens is 430 g/mol. The van der Waals surface area contributed by atoms with E-state index in [1.54, 1.807) is 25.3 Å². The fraction of sp³-hybridized carbons (Fsp3) is 0.200. The molecule has 1 aromatic heterocycles. The molecule has 7 heteroatoms. The predicted molar refractivity (Wildman–Crippen MR) is 113 cm³/mol. The highest BCUT2D eigenvalue weighted by molar-refractivity contribution is 9.10. The summed E-state index contributed by atoms with van der Waals surface area (Å²) >= 11 is 9.36. The van der Waals surface area contributed by atoms with E-state index < -0.39 is 0 Å². The summed E-state index contributed by atoms with van der Waals surface area (Å²) in [7, 11) is 1.64. The van der Waals surface area contributed by atoms with Crippen LogP contribution in [-0.2, 0) is 4.74 Å². The molecule has 0 saturated heterocycles. The monoisotopic (exact) mass is 446 g/mol. The number of pyridine rings is 1. The molecule has 0 spiro atoms. The van der Waals surface area contributed by atoms with Gasteiger partial charge in [0.15, 0.2) is 0 Å². The van der Waals surface area contributed by atoms with Crippen LogP contribution in [0.3, 0.4) is 0 Å². The summed E-state index contributed by atoms with van der Waals surface area (Å²) in [5, 5.41) is 7.45. The summed E-state index contributed by atoms with van der Waals surface area (Å²) in [6.07, 6.45) is 0. The van der Waals surface area contributed by atoms with E-state index in [1.807, 2.05) is 25.1 Å². The van der Waals surface area contributed by atoms with Crippen molar-refractivity contribution in [3.63, 3.8) is 0 Å². The lowest BCUT2D eigenvalue weighted by Gasteiger charge is -2.16. The standard InChI is InChI=1S/C20H18BrClN3O2/c1-12-18(20(26)24-15-6-4-14(22)5-7-15)16-11-13(21)3-8-17(16)25-19(12)23-9-10-27-2/h3-6,8,11H,9-10H2,1-2H3,(H,23,25)(H,24,26). The summed E-state index contributed by atoms with van der Waals surface area (Å²) in [6.45, 7) is 3.02. The van der Waals surface area contributed by atoms with E-state index in [0.717, 1.165) is 20.9 Å². The quantitative estimate of drug-likeness (QED) is 0.518. The van der Waals surface area contributed by atoms with Gasteiger partial charge < -0.3 is 15.4 Å². The SMILES string of the molecule is COCCNc1nc2ccc(Br)cc2c(C(=O)Nc2[c]cc(Cl)cc2)c1C. The third-order valence-electron chi connectivity index (χ3n) is 4.04. The molecule has 139 valence electrons. The fourth-order valence-electron chi connectivity index (χ4n) is 2.74. The predicted octanol–water partition coefficient (Wildman–Crippen LogP) is 5.07. The highest BCUT2D eigenvalue weighted by Gasteiger charge is 2.18. The topological polar surface area (TPSA) is 63.2 Å². The summed E-state index contributed by atoms with van der Waals surface area (Å²) < 4.78 is 5.96. The minimum Gasteiger partial charge on any atom is -0.383 e. The Balaban J connectivity index is 2.04. The summed E-state index contributed by atoms with van der Waals surface area (Å²) in [4.78, 5) is 17.7. The molecule has 2 aromatic carbocycles. The number of benzene rings is 2. The molecule has 0 atom stereocenters. The number of carbonyl (C=O) groups excluding carboxylic acids is 1. The van der Waals surface area contributed by atoms with Crippen molar-refractivity contribution in [3.05, 3.63) is 63.1 Å². The van der Waals surface area contributed by atoms with Gasteiger partial charge in [-0.2, -0.15) is 0 Å². The van der Waals surface area contributed by atoms with Crippen molar-refractivity contribution in [2.75, 3.05) is 30.9 Å². The first-order valence-corrected chi connectivity index (χ1v) is 9.48. The Kier molecular flexibility index (Phi) is 6.31. The van der Waals surface area contributed by atoms with Crippen molar-refractivity contribution in [2.45, 2.75) is 6.92 Å². The van der Waals surface area contributed by atoms with Crippen LogP contribution in [0.5, 0.6) is 0 Å². The van der Waals surface area contributed by atoms with Crippen LogP contribution >= 0.6 is 27.5 Å². The van der Waals surface area contributed by atoms with E-state index >= 15 is 0 Å². The second kappa shape index (κ2) is 8.69. The normalized spacial score (nSPS) is 10.8. The minimum atomic E-state index is -0.230. The average molecular weight is 448 g/mol. The number of carbonyl (C=O) groups is 1. The Morgan fingerprint density at radius 2 is 2.15 bits per heavy atom. The molecule has 1 amide bonds. The van der Waals surface area contributed by atoms with Gasteiger partial charge >= 0.3 is 0 Å². The van der Waals surface area contributed by atoms with Gasteiger partial charge in [-0.1, -0.05) is 27.5 Å². The molecule has 0 aliphatic heterocycles. The molecule has 3 rings (SSSR count). The third-order valence-corrected chi connectivity index (χ3v) is 4.77. The molecule has 0 unspecified atom stereocenters. The van der Waals surface area contributed by atoms with Gasteiger partial charge in [0.1, 0.15) is 5.82 Å². The zero-order chi connectivity index (χ0) is 19.4. The largest absolute Gasteiger partial charge is 0.383 e. The van der Waals surface area contributed by atoms with Crippen molar-refractivity contribution in [3.8, 4) is 0 Å². The maximum atomic E-state index is 13.1. The highest BCUT2D eigenvalue weighted by atomic mass is 79.9. The lowest BCUT2D eigenvalue weighted by molar-refractivity contribution is 0.102. The molecule has 0 bridgehead atoms. The number of nitrogens with zero attached hydrogens (tertiary/aromatic N) is 1. The molecule has 0 aliphatic carbocycles. The number of rotatable bonds is 6. The lowest BCUT2D eigenvalue weighted by atomic mass is 10.0. The summed E-state index contributed by atoms with van der Waals surface area (Å²) in [5.41, 5.74) is 2.61. The number of anilines is 2. The summed E-state index contributed by atoms with van der Waals surface area (Å²) in [5.74, 6) is 0.429. The molecule has 0 aliphatic rings. The van der Waals surface area contributed by atoms with E-state index in [2.05, 4.69) is 37.6 Å². The number of hydrogen-bond donors (Lipinski definition) is 2. The van der Waals surface area contributed by atoms with Crippen LogP contribution in [0.25, 0.3) is 10.9 Å². The fourth-order valence-corrected chi connectivity index (χ4v) is 3.21. The Morgan fingerprint density at radius 3 is 2.85 bits per heavy atom. The van der Waals surface area contributed by atoms with Crippen LogP contribution in [0.15, 0.2) is 40.9 Å². The Bertz CT molecular complexity index is 977. The lowest BCUT2D eigenvalue weighted by Crippen LogP contribution is -2.17. The third kappa shape index (κ3) is 4.58. The minimum absolute atomic E-state index is 0.230. The zero-order valence-electron chi connectivity index (χ0n) is 14.9. The molecule has 3 aromatic rings. The van der Waals surface area contributed by atoms with Crippen LogP contribution < -0.4 is 10.6 Å². The van der Waals surface area contributed by atoms with Gasteiger partial charge in [-0.05, 0) is 43.3 Å².